The molecule has 2 heterocycles. The van der Waals surface area contributed by atoms with Crippen LogP contribution < -0.4 is 4.74 Å². The van der Waals surface area contributed by atoms with Crippen LogP contribution in [0.4, 0.5) is 0 Å². The molecule has 0 bridgehead atoms. The molecule has 2 rings (SSSR count). The van der Waals surface area contributed by atoms with Crippen molar-refractivity contribution in [1.82, 2.24) is 20.4 Å². The second-order valence-corrected chi connectivity index (χ2v) is 3.14. The number of hydrogen-bond donors (Lipinski definition) is 0. The lowest BCUT2D eigenvalue weighted by Crippen LogP contribution is -1.79. The van der Waals surface area contributed by atoms with Crippen LogP contribution in [0, 0.1) is 6.92 Å². The first kappa shape index (κ1) is 8.11. The normalized spacial score (nSPS) is 10.3. The minimum Gasteiger partial charge on any atom is -0.472 e. The Morgan fingerprint density at radius 2 is 2.08 bits per heavy atom. The van der Waals surface area contributed by atoms with Crippen molar-refractivity contribution >= 4 is 11.3 Å². The topological polar surface area (TPSA) is 73.9 Å². The van der Waals surface area contributed by atoms with Gasteiger partial charge in [0.1, 0.15) is 0 Å². The van der Waals surface area contributed by atoms with Gasteiger partial charge in [0, 0.05) is 6.92 Å². The predicted molar refractivity (Wildman–Crippen MR) is 44.5 cm³/mol. The van der Waals surface area contributed by atoms with Crippen LogP contribution in [0.5, 0.6) is 5.19 Å². The van der Waals surface area contributed by atoms with Crippen molar-refractivity contribution < 1.29 is 9.15 Å². The molecule has 0 aliphatic rings. The lowest BCUT2D eigenvalue weighted by molar-refractivity contribution is 0.407. The Bertz CT molecular complexity index is 410. The molecule has 7 heteroatoms. The number of aryl methyl sites for hydroxylation is 1. The van der Waals surface area contributed by atoms with E-state index < -0.39 is 0 Å². The molecule has 0 aromatic carbocycles. The van der Waals surface area contributed by atoms with Crippen molar-refractivity contribution in [3.63, 3.8) is 0 Å². The van der Waals surface area contributed by atoms with Gasteiger partial charge in [-0.05, 0) is 11.3 Å². The second kappa shape index (κ2) is 3.09. The van der Waals surface area contributed by atoms with Gasteiger partial charge in [-0.25, -0.2) is 0 Å². The molecule has 0 N–H and O–H groups in total. The van der Waals surface area contributed by atoms with Gasteiger partial charge < -0.3 is 9.15 Å². The second-order valence-electron chi connectivity index (χ2n) is 2.20. The third kappa shape index (κ3) is 1.50. The molecule has 0 atom stereocenters. The third-order valence-corrected chi connectivity index (χ3v) is 2.16. The van der Waals surface area contributed by atoms with Gasteiger partial charge >= 0.3 is 0 Å². The van der Waals surface area contributed by atoms with E-state index in [-0.39, 0.29) is 0 Å². The Kier molecular flexibility index (Phi) is 1.93. The van der Waals surface area contributed by atoms with E-state index in [1.807, 2.05) is 0 Å². The summed E-state index contributed by atoms with van der Waals surface area (Å²) < 4.78 is 10.0. The van der Waals surface area contributed by atoms with E-state index in [4.69, 9.17) is 9.15 Å². The van der Waals surface area contributed by atoms with E-state index >= 15 is 0 Å². The van der Waals surface area contributed by atoms with Crippen molar-refractivity contribution in [3.05, 3.63) is 5.89 Å². The van der Waals surface area contributed by atoms with Gasteiger partial charge in [0.05, 0.1) is 7.11 Å². The molecule has 2 aromatic heterocycles. The lowest BCUT2D eigenvalue weighted by atomic mass is 10.7. The Hall–Kier alpha value is -1.50. The molecule has 0 saturated carbocycles. The molecule has 0 aliphatic heterocycles. The van der Waals surface area contributed by atoms with Gasteiger partial charge in [0.15, 0.2) is 0 Å². The fourth-order valence-corrected chi connectivity index (χ4v) is 1.34. The molecular formula is C6H6N4O2S. The smallest absolute Gasteiger partial charge is 0.294 e. The largest absolute Gasteiger partial charge is 0.472 e. The number of nitrogens with zero attached hydrogens (tertiary/aromatic N) is 4. The zero-order chi connectivity index (χ0) is 9.26. The van der Waals surface area contributed by atoms with Crippen molar-refractivity contribution in [2.75, 3.05) is 7.11 Å². The molecule has 68 valence electrons. The number of ether oxygens (including phenoxy) is 1. The maximum absolute atomic E-state index is 5.16. The highest BCUT2D eigenvalue weighted by Crippen LogP contribution is 2.25. The van der Waals surface area contributed by atoms with Crippen molar-refractivity contribution in [2.45, 2.75) is 6.92 Å². The monoisotopic (exact) mass is 198 g/mol. The molecule has 2 aromatic rings. The number of hydrogen-bond acceptors (Lipinski definition) is 7. The van der Waals surface area contributed by atoms with Crippen LogP contribution in [-0.4, -0.2) is 27.5 Å². The fraction of sp³-hybridized carbons (Fsp3) is 0.333. The van der Waals surface area contributed by atoms with Gasteiger partial charge in [0.25, 0.3) is 11.1 Å². The van der Waals surface area contributed by atoms with E-state index in [0.717, 1.165) is 0 Å². The van der Waals surface area contributed by atoms with E-state index in [0.29, 0.717) is 22.0 Å². The number of aromatic nitrogens is 4. The van der Waals surface area contributed by atoms with E-state index in [1.165, 1.54) is 18.4 Å². The molecule has 13 heavy (non-hydrogen) atoms. The molecule has 0 spiro atoms. The summed E-state index contributed by atoms with van der Waals surface area (Å²) in [5, 5.41) is 16.1. The first-order valence-electron chi connectivity index (χ1n) is 3.47. The molecule has 0 aliphatic carbocycles. The van der Waals surface area contributed by atoms with Crippen LogP contribution in [0.2, 0.25) is 0 Å². The van der Waals surface area contributed by atoms with E-state index in [1.54, 1.807) is 6.92 Å². The molecule has 0 radical (unpaired) electrons. The standard InChI is InChI=1S/C6H6N4O2S/c1-3-7-8-4(12-3)5-9-10-6(11-2)13-5/h1-2H3. The van der Waals surface area contributed by atoms with Gasteiger partial charge in [0.2, 0.25) is 10.9 Å². The Morgan fingerprint density at radius 3 is 2.62 bits per heavy atom. The summed E-state index contributed by atoms with van der Waals surface area (Å²) in [7, 11) is 1.53. The minimum absolute atomic E-state index is 0.373. The highest BCUT2D eigenvalue weighted by Gasteiger charge is 2.12. The number of rotatable bonds is 2. The lowest BCUT2D eigenvalue weighted by Gasteiger charge is -1.84. The van der Waals surface area contributed by atoms with Gasteiger partial charge in [-0.1, -0.05) is 5.10 Å². The minimum atomic E-state index is 0.373. The van der Waals surface area contributed by atoms with Crippen LogP contribution in [0.1, 0.15) is 5.89 Å². The third-order valence-electron chi connectivity index (χ3n) is 1.29. The SMILES string of the molecule is COc1nnc(-c2nnc(C)o2)s1. The molecule has 0 unspecified atom stereocenters. The molecule has 0 saturated heterocycles. The zero-order valence-electron chi connectivity index (χ0n) is 7.01. The fourth-order valence-electron chi connectivity index (χ4n) is 0.762. The van der Waals surface area contributed by atoms with Gasteiger partial charge in [-0.3, -0.25) is 0 Å². The average Bonchev–Trinajstić information content (AvgIpc) is 2.71. The Labute approximate surface area is 77.6 Å². The Balaban J connectivity index is 2.35. The molecule has 6 nitrogen and oxygen atoms in total. The summed E-state index contributed by atoms with van der Waals surface area (Å²) >= 11 is 1.26. The first-order chi connectivity index (χ1) is 6.29. The predicted octanol–water partition coefficient (Wildman–Crippen LogP) is 0.905. The van der Waals surface area contributed by atoms with Crippen molar-refractivity contribution in [3.8, 4) is 16.1 Å². The summed E-state index contributed by atoms with van der Waals surface area (Å²) in [6.07, 6.45) is 0. The zero-order valence-corrected chi connectivity index (χ0v) is 7.83. The van der Waals surface area contributed by atoms with Crippen molar-refractivity contribution in [1.29, 1.82) is 0 Å². The summed E-state index contributed by atoms with van der Waals surface area (Å²) in [4.78, 5) is 0. The molecule has 0 amide bonds. The maximum atomic E-state index is 5.16. The van der Waals surface area contributed by atoms with Crippen LogP contribution >= 0.6 is 11.3 Å². The summed E-state index contributed by atoms with van der Waals surface area (Å²) in [6.45, 7) is 1.72. The highest BCUT2D eigenvalue weighted by molar-refractivity contribution is 7.16. The first-order valence-corrected chi connectivity index (χ1v) is 4.29. The summed E-state index contributed by atoms with van der Waals surface area (Å²) in [6, 6.07) is 0. The van der Waals surface area contributed by atoms with Gasteiger partial charge in [-0.2, -0.15) is 0 Å². The molecular weight excluding hydrogens is 192 g/mol. The van der Waals surface area contributed by atoms with Crippen LogP contribution in [0.15, 0.2) is 4.42 Å². The highest BCUT2D eigenvalue weighted by atomic mass is 32.1. The summed E-state index contributed by atoms with van der Waals surface area (Å²) in [5.41, 5.74) is 0. The maximum Gasteiger partial charge on any atom is 0.294 e. The average molecular weight is 198 g/mol. The van der Waals surface area contributed by atoms with Crippen LogP contribution in [0.3, 0.4) is 0 Å². The van der Waals surface area contributed by atoms with Crippen LogP contribution in [-0.2, 0) is 0 Å². The quantitative estimate of drug-likeness (QED) is 0.713. The van der Waals surface area contributed by atoms with E-state index in [2.05, 4.69) is 20.4 Å². The number of methoxy groups -OCH3 is 1. The Morgan fingerprint density at radius 1 is 1.23 bits per heavy atom. The van der Waals surface area contributed by atoms with Gasteiger partial charge in [-0.15, -0.1) is 15.3 Å². The van der Waals surface area contributed by atoms with Crippen molar-refractivity contribution in [2.24, 2.45) is 0 Å². The van der Waals surface area contributed by atoms with Crippen LogP contribution in [0.25, 0.3) is 10.9 Å². The molecule has 0 fully saturated rings. The summed E-state index contributed by atoms with van der Waals surface area (Å²) in [5.74, 6) is 0.877. The van der Waals surface area contributed by atoms with E-state index in [9.17, 15) is 0 Å².